The van der Waals surface area contributed by atoms with Crippen LogP contribution in [0.15, 0.2) is 35.3 Å². The number of likely N-dealkylation sites (tertiary alicyclic amines) is 1. The number of carbonyl (C=O) groups is 2. The molecule has 0 spiro atoms. The molecule has 2 amide bonds. The van der Waals surface area contributed by atoms with Gasteiger partial charge < -0.3 is 21.4 Å². The smallest absolute Gasteiger partial charge is 0.250 e. The number of nitrogens with zero attached hydrogens (tertiary/aromatic N) is 3. The van der Waals surface area contributed by atoms with Crippen LogP contribution >= 0.6 is 0 Å². The van der Waals surface area contributed by atoms with Gasteiger partial charge in [0.25, 0.3) is 5.56 Å². The van der Waals surface area contributed by atoms with Crippen molar-refractivity contribution in [1.82, 2.24) is 19.8 Å². The second-order valence-corrected chi connectivity index (χ2v) is 8.28. The largest absolute Gasteiger partial charge is 0.384 e. The lowest BCUT2D eigenvalue weighted by Gasteiger charge is -2.28. The van der Waals surface area contributed by atoms with Crippen molar-refractivity contribution in [2.45, 2.75) is 45.3 Å². The molecule has 2 aromatic heterocycles. The summed E-state index contributed by atoms with van der Waals surface area (Å²) in [5.74, 6) is -0.0607. The summed E-state index contributed by atoms with van der Waals surface area (Å²) in [6, 6.07) is 6.02. The maximum atomic E-state index is 12.8. The van der Waals surface area contributed by atoms with Crippen LogP contribution in [-0.2, 0) is 29.6 Å². The van der Waals surface area contributed by atoms with Crippen LogP contribution in [0.3, 0.4) is 0 Å². The van der Waals surface area contributed by atoms with Gasteiger partial charge in [-0.25, -0.2) is 4.98 Å². The van der Waals surface area contributed by atoms with Crippen LogP contribution < -0.4 is 22.3 Å². The van der Waals surface area contributed by atoms with E-state index < -0.39 is 18.0 Å². The zero-order chi connectivity index (χ0) is 22.7. The average Bonchev–Trinajstić information content (AvgIpc) is 3.13. The van der Waals surface area contributed by atoms with E-state index in [1.54, 1.807) is 32.3 Å². The lowest BCUT2D eigenvalue weighted by molar-refractivity contribution is -0.129. The van der Waals surface area contributed by atoms with Crippen molar-refractivity contribution in [3.63, 3.8) is 0 Å². The summed E-state index contributed by atoms with van der Waals surface area (Å²) in [4.78, 5) is 42.8. The Morgan fingerprint density at radius 1 is 1.32 bits per heavy atom. The minimum Gasteiger partial charge on any atom is -0.384 e. The van der Waals surface area contributed by atoms with E-state index in [2.05, 4.69) is 10.3 Å². The molecule has 0 saturated carbocycles. The van der Waals surface area contributed by atoms with Gasteiger partial charge in [-0.15, -0.1) is 0 Å². The minimum absolute atomic E-state index is 0.0704. The number of anilines is 1. The maximum Gasteiger partial charge on any atom is 0.250 e. The Kier molecular flexibility index (Phi) is 6.74. The molecule has 0 radical (unpaired) electrons. The molecule has 1 aliphatic rings. The first-order valence-corrected chi connectivity index (χ1v) is 10.4. The topological polar surface area (TPSA) is 136 Å². The molecule has 3 heterocycles. The van der Waals surface area contributed by atoms with Gasteiger partial charge in [0.2, 0.25) is 11.8 Å². The van der Waals surface area contributed by atoms with Gasteiger partial charge in [0.05, 0.1) is 12.1 Å². The number of nitrogen functional groups attached to an aromatic ring is 1. The molecule has 2 aromatic rings. The molecular weight excluding hydrogens is 396 g/mol. The molecule has 1 saturated heterocycles. The number of carbonyl (C=O) groups excluding carboxylic acids is 2. The van der Waals surface area contributed by atoms with Crippen molar-refractivity contribution < 1.29 is 9.59 Å². The van der Waals surface area contributed by atoms with Crippen LogP contribution in [0.4, 0.5) is 5.82 Å². The number of aryl methyl sites for hydroxylation is 2. The van der Waals surface area contributed by atoms with Crippen LogP contribution in [0.25, 0.3) is 0 Å². The fourth-order valence-electron chi connectivity index (χ4n) is 4.13. The van der Waals surface area contributed by atoms with Crippen molar-refractivity contribution in [2.24, 2.45) is 18.7 Å². The molecule has 166 valence electrons. The quantitative estimate of drug-likeness (QED) is 0.574. The fourth-order valence-corrected chi connectivity index (χ4v) is 4.13. The van der Waals surface area contributed by atoms with Crippen LogP contribution in [-0.4, -0.2) is 44.9 Å². The van der Waals surface area contributed by atoms with E-state index in [1.807, 2.05) is 24.0 Å². The van der Waals surface area contributed by atoms with E-state index in [0.717, 1.165) is 16.8 Å². The van der Waals surface area contributed by atoms with Crippen molar-refractivity contribution in [1.29, 1.82) is 0 Å². The summed E-state index contributed by atoms with van der Waals surface area (Å²) in [6.45, 7) is 4.50. The standard InChI is InChI=1S/C22H30N6O3/c1-13-17(4-5-19(23)26-13)11-25-22(31)14(2)28-12-16(9-18(28)21(24)30)8-15-6-7-27(3)20(29)10-15/h4-7,10,14,16,18H,8-9,11-12H2,1-3H3,(H2,23,26)(H2,24,30)(H,25,31)/t14-,16?,18?/m0/s1. The highest BCUT2D eigenvalue weighted by molar-refractivity contribution is 5.84. The SMILES string of the molecule is Cc1nc(N)ccc1CNC(=O)[C@H](C)N1CC(Cc2ccn(C)c(=O)c2)CC1C(N)=O. The van der Waals surface area contributed by atoms with Gasteiger partial charge in [0.15, 0.2) is 0 Å². The van der Waals surface area contributed by atoms with Gasteiger partial charge in [-0.05, 0) is 55.9 Å². The normalized spacial score (nSPS) is 19.8. The molecule has 1 aliphatic heterocycles. The molecule has 3 rings (SSSR count). The fraction of sp³-hybridized carbons (Fsp3) is 0.455. The van der Waals surface area contributed by atoms with Gasteiger partial charge in [-0.3, -0.25) is 19.3 Å². The molecule has 0 bridgehead atoms. The second kappa shape index (κ2) is 9.30. The van der Waals surface area contributed by atoms with Gasteiger partial charge in [-0.1, -0.05) is 6.07 Å². The summed E-state index contributed by atoms with van der Waals surface area (Å²) in [5, 5.41) is 2.92. The number of hydrogen-bond donors (Lipinski definition) is 3. The number of nitrogens with two attached hydrogens (primary N) is 2. The van der Waals surface area contributed by atoms with Crippen LogP contribution in [0.2, 0.25) is 0 Å². The first-order chi connectivity index (χ1) is 14.7. The lowest BCUT2D eigenvalue weighted by Crippen LogP contribution is -2.51. The molecule has 1 fully saturated rings. The molecule has 0 aromatic carbocycles. The van der Waals surface area contributed by atoms with Crippen LogP contribution in [0.5, 0.6) is 0 Å². The third-order valence-electron chi connectivity index (χ3n) is 5.99. The molecule has 0 aliphatic carbocycles. The first-order valence-electron chi connectivity index (χ1n) is 10.4. The van der Waals surface area contributed by atoms with Crippen LogP contribution in [0, 0.1) is 12.8 Å². The highest BCUT2D eigenvalue weighted by atomic mass is 16.2. The number of pyridine rings is 2. The molecule has 2 unspecified atom stereocenters. The summed E-state index contributed by atoms with van der Waals surface area (Å²) in [7, 11) is 1.70. The van der Waals surface area contributed by atoms with E-state index in [-0.39, 0.29) is 17.4 Å². The van der Waals surface area contributed by atoms with E-state index >= 15 is 0 Å². The third kappa shape index (κ3) is 5.29. The number of nitrogens with one attached hydrogen (secondary N) is 1. The van der Waals surface area contributed by atoms with Crippen molar-refractivity contribution in [3.8, 4) is 0 Å². The number of hydrogen-bond acceptors (Lipinski definition) is 6. The monoisotopic (exact) mass is 426 g/mol. The summed E-state index contributed by atoms with van der Waals surface area (Å²) in [5.41, 5.74) is 13.8. The lowest BCUT2D eigenvalue weighted by atomic mass is 9.97. The van der Waals surface area contributed by atoms with Crippen molar-refractivity contribution in [2.75, 3.05) is 12.3 Å². The minimum atomic E-state index is -0.520. The molecule has 9 nitrogen and oxygen atoms in total. The second-order valence-electron chi connectivity index (χ2n) is 8.28. The highest BCUT2D eigenvalue weighted by Crippen LogP contribution is 2.28. The summed E-state index contributed by atoms with van der Waals surface area (Å²) >= 11 is 0. The zero-order valence-electron chi connectivity index (χ0n) is 18.2. The predicted octanol–water partition coefficient (Wildman–Crippen LogP) is 0.0941. The van der Waals surface area contributed by atoms with Gasteiger partial charge >= 0.3 is 0 Å². The van der Waals surface area contributed by atoms with E-state index in [0.29, 0.717) is 31.7 Å². The first kappa shape index (κ1) is 22.5. The average molecular weight is 427 g/mol. The molecule has 5 N–H and O–H groups in total. The van der Waals surface area contributed by atoms with Crippen LogP contribution in [0.1, 0.15) is 30.2 Å². The molecule has 3 atom stereocenters. The predicted molar refractivity (Wildman–Crippen MR) is 118 cm³/mol. The number of rotatable bonds is 7. The zero-order valence-corrected chi connectivity index (χ0v) is 18.2. The molecule has 9 heteroatoms. The van der Waals surface area contributed by atoms with Gasteiger partial charge in [-0.2, -0.15) is 0 Å². The van der Waals surface area contributed by atoms with E-state index in [9.17, 15) is 14.4 Å². The van der Waals surface area contributed by atoms with Gasteiger partial charge in [0.1, 0.15) is 5.82 Å². The number of amides is 2. The third-order valence-corrected chi connectivity index (χ3v) is 5.99. The Labute approximate surface area is 181 Å². The summed E-state index contributed by atoms with van der Waals surface area (Å²) in [6.07, 6.45) is 2.95. The maximum absolute atomic E-state index is 12.8. The van der Waals surface area contributed by atoms with Crippen molar-refractivity contribution in [3.05, 3.63) is 57.6 Å². The van der Waals surface area contributed by atoms with E-state index in [4.69, 9.17) is 11.5 Å². The van der Waals surface area contributed by atoms with Crippen molar-refractivity contribution >= 4 is 17.6 Å². The molecule has 31 heavy (non-hydrogen) atoms. The Morgan fingerprint density at radius 2 is 2.06 bits per heavy atom. The van der Waals surface area contributed by atoms with Gasteiger partial charge in [0, 0.05) is 38.1 Å². The Hall–Kier alpha value is -3.20. The Morgan fingerprint density at radius 3 is 2.71 bits per heavy atom. The summed E-state index contributed by atoms with van der Waals surface area (Å²) < 4.78 is 1.52. The Bertz CT molecular complexity index is 1030. The molecular formula is C22H30N6O3. The van der Waals surface area contributed by atoms with E-state index in [1.165, 1.54) is 4.57 Å². The number of primary amides is 1. The highest BCUT2D eigenvalue weighted by Gasteiger charge is 2.40. The number of aromatic nitrogens is 2. The Balaban J connectivity index is 1.65.